The molecule has 124 valence electrons. The van der Waals surface area contributed by atoms with Crippen molar-refractivity contribution >= 4 is 27.5 Å². The molecule has 1 aromatic heterocycles. The van der Waals surface area contributed by atoms with Crippen LogP contribution < -0.4 is 5.32 Å². The maximum atomic E-state index is 12.0. The molecule has 0 aromatic carbocycles. The van der Waals surface area contributed by atoms with Crippen LogP contribution in [0.5, 0.6) is 0 Å². The molecule has 0 aliphatic carbocycles. The van der Waals surface area contributed by atoms with Crippen LogP contribution >= 0.6 is 21.6 Å². The van der Waals surface area contributed by atoms with Gasteiger partial charge in [0.05, 0.1) is 12.3 Å². The van der Waals surface area contributed by atoms with Crippen molar-refractivity contribution in [3.63, 3.8) is 0 Å². The van der Waals surface area contributed by atoms with E-state index in [0.29, 0.717) is 13.0 Å². The molecule has 2 unspecified atom stereocenters. The Balaban J connectivity index is 1.61. The minimum Gasteiger partial charge on any atom is -0.468 e. The lowest BCUT2D eigenvalue weighted by atomic mass is 10.1. The molecule has 1 aliphatic heterocycles. The van der Waals surface area contributed by atoms with Crippen molar-refractivity contribution in [1.82, 2.24) is 10.2 Å². The number of nitrogens with one attached hydrogen (secondary N) is 1. The molecule has 1 amide bonds. The van der Waals surface area contributed by atoms with Crippen LogP contribution in [0.3, 0.4) is 0 Å². The number of hydrogen-bond acceptors (Lipinski definition) is 5. The van der Waals surface area contributed by atoms with E-state index >= 15 is 0 Å². The Hall–Kier alpha value is -0.590. The summed E-state index contributed by atoms with van der Waals surface area (Å²) < 4.78 is 5.45. The Morgan fingerprint density at radius 1 is 1.50 bits per heavy atom. The Morgan fingerprint density at radius 3 is 3.00 bits per heavy atom. The van der Waals surface area contributed by atoms with Crippen LogP contribution in [0.15, 0.2) is 22.8 Å². The molecule has 6 heteroatoms. The summed E-state index contributed by atoms with van der Waals surface area (Å²) in [6.07, 6.45) is 7.02. The lowest BCUT2D eigenvalue weighted by Crippen LogP contribution is -2.34. The molecule has 2 atom stereocenters. The van der Waals surface area contributed by atoms with Gasteiger partial charge in [0, 0.05) is 24.0 Å². The van der Waals surface area contributed by atoms with Crippen molar-refractivity contribution in [2.75, 3.05) is 26.4 Å². The average Bonchev–Trinajstić information content (AvgIpc) is 3.17. The zero-order valence-corrected chi connectivity index (χ0v) is 15.0. The summed E-state index contributed by atoms with van der Waals surface area (Å²) in [6, 6.07) is 3.92. The fourth-order valence-corrected chi connectivity index (χ4v) is 5.57. The summed E-state index contributed by atoms with van der Waals surface area (Å²) in [6.45, 7) is 0.592. The SMILES string of the molecule is CN(C)C(CNC(=O)CCCCC1CCSS1)c1ccco1. The maximum absolute atomic E-state index is 12.0. The van der Waals surface area contributed by atoms with Gasteiger partial charge >= 0.3 is 0 Å². The lowest BCUT2D eigenvalue weighted by molar-refractivity contribution is -0.121. The number of rotatable bonds is 9. The zero-order valence-electron chi connectivity index (χ0n) is 13.4. The van der Waals surface area contributed by atoms with Crippen molar-refractivity contribution in [2.24, 2.45) is 0 Å². The number of unbranched alkanes of at least 4 members (excludes halogenated alkanes) is 1. The molecular weight excluding hydrogens is 316 g/mol. The third kappa shape index (κ3) is 5.89. The molecule has 1 aliphatic rings. The molecule has 1 fully saturated rings. The molecule has 1 saturated heterocycles. The number of amides is 1. The predicted octanol–water partition coefficient (Wildman–Crippen LogP) is 3.71. The first kappa shape index (κ1) is 17.8. The van der Waals surface area contributed by atoms with Crippen LogP contribution in [0, 0.1) is 0 Å². The number of likely N-dealkylation sites (N-methyl/N-ethyl adjacent to an activating group) is 1. The van der Waals surface area contributed by atoms with Gasteiger partial charge in [0.15, 0.2) is 0 Å². The molecule has 0 radical (unpaired) electrons. The summed E-state index contributed by atoms with van der Waals surface area (Å²) in [4.78, 5) is 14.0. The molecule has 1 N–H and O–H groups in total. The highest BCUT2D eigenvalue weighted by Crippen LogP contribution is 2.39. The maximum Gasteiger partial charge on any atom is 0.220 e. The van der Waals surface area contributed by atoms with E-state index in [0.717, 1.165) is 23.9 Å². The van der Waals surface area contributed by atoms with Gasteiger partial charge in [-0.3, -0.25) is 9.69 Å². The van der Waals surface area contributed by atoms with Crippen molar-refractivity contribution in [1.29, 1.82) is 0 Å². The van der Waals surface area contributed by atoms with Gasteiger partial charge in [-0.1, -0.05) is 28.0 Å². The molecule has 22 heavy (non-hydrogen) atoms. The van der Waals surface area contributed by atoms with Crippen LogP contribution in [-0.2, 0) is 4.79 Å². The third-order valence-corrected chi connectivity index (χ3v) is 6.90. The van der Waals surface area contributed by atoms with E-state index in [1.165, 1.54) is 18.6 Å². The van der Waals surface area contributed by atoms with Gasteiger partial charge < -0.3 is 9.73 Å². The lowest BCUT2D eigenvalue weighted by Gasteiger charge is -2.22. The Labute approximate surface area is 141 Å². The molecule has 2 heterocycles. The number of furan rings is 1. The average molecular weight is 343 g/mol. The Kier molecular flexibility index (Phi) is 7.69. The zero-order chi connectivity index (χ0) is 15.8. The number of carbonyl (C=O) groups excluding carboxylic acids is 1. The second-order valence-corrected chi connectivity index (χ2v) is 8.66. The largest absolute Gasteiger partial charge is 0.468 e. The summed E-state index contributed by atoms with van der Waals surface area (Å²) in [5, 5.41) is 3.84. The molecule has 0 spiro atoms. The van der Waals surface area contributed by atoms with E-state index in [2.05, 4.69) is 10.2 Å². The number of nitrogens with zero attached hydrogens (tertiary/aromatic N) is 1. The monoisotopic (exact) mass is 342 g/mol. The smallest absolute Gasteiger partial charge is 0.220 e. The van der Waals surface area contributed by atoms with E-state index in [1.807, 2.05) is 47.8 Å². The minimum atomic E-state index is 0.0888. The van der Waals surface area contributed by atoms with Gasteiger partial charge in [0.2, 0.25) is 5.91 Å². The third-order valence-electron chi connectivity index (χ3n) is 3.89. The van der Waals surface area contributed by atoms with Gasteiger partial charge in [-0.05, 0) is 45.5 Å². The van der Waals surface area contributed by atoms with E-state index in [9.17, 15) is 4.79 Å². The molecular formula is C16H26N2O2S2. The first-order chi connectivity index (χ1) is 10.7. The van der Waals surface area contributed by atoms with E-state index in [1.54, 1.807) is 6.26 Å². The summed E-state index contributed by atoms with van der Waals surface area (Å²) in [5.74, 6) is 2.32. The van der Waals surface area contributed by atoms with E-state index in [-0.39, 0.29) is 11.9 Å². The summed E-state index contributed by atoms with van der Waals surface area (Å²) in [5.41, 5.74) is 0. The van der Waals surface area contributed by atoms with E-state index in [4.69, 9.17) is 4.42 Å². The first-order valence-electron chi connectivity index (χ1n) is 7.91. The van der Waals surface area contributed by atoms with Crippen molar-refractivity contribution in [3.8, 4) is 0 Å². The fraction of sp³-hybridized carbons (Fsp3) is 0.688. The van der Waals surface area contributed by atoms with Gasteiger partial charge in [0.1, 0.15) is 5.76 Å². The van der Waals surface area contributed by atoms with E-state index < -0.39 is 0 Å². The van der Waals surface area contributed by atoms with Gasteiger partial charge in [-0.25, -0.2) is 0 Å². The molecule has 4 nitrogen and oxygen atoms in total. The highest BCUT2D eigenvalue weighted by Gasteiger charge is 2.18. The molecule has 0 bridgehead atoms. The first-order valence-corrected chi connectivity index (χ1v) is 10.3. The number of hydrogen-bond donors (Lipinski definition) is 1. The normalized spacial score (nSPS) is 19.5. The van der Waals surface area contributed by atoms with Gasteiger partial charge in [-0.15, -0.1) is 0 Å². The van der Waals surface area contributed by atoms with Gasteiger partial charge in [-0.2, -0.15) is 0 Å². The second-order valence-electron chi connectivity index (χ2n) is 5.87. The second kappa shape index (κ2) is 9.53. The van der Waals surface area contributed by atoms with Crippen molar-refractivity contribution in [3.05, 3.63) is 24.2 Å². The topological polar surface area (TPSA) is 45.5 Å². The van der Waals surface area contributed by atoms with Crippen LogP contribution in [0.2, 0.25) is 0 Å². The highest BCUT2D eigenvalue weighted by atomic mass is 33.1. The summed E-state index contributed by atoms with van der Waals surface area (Å²) >= 11 is 0. The molecule has 2 rings (SSSR count). The van der Waals surface area contributed by atoms with Crippen molar-refractivity contribution < 1.29 is 9.21 Å². The number of carbonyl (C=O) groups is 1. The Morgan fingerprint density at radius 2 is 2.36 bits per heavy atom. The van der Waals surface area contributed by atoms with Crippen LogP contribution in [0.1, 0.15) is 43.9 Å². The minimum absolute atomic E-state index is 0.0888. The quantitative estimate of drug-likeness (QED) is 0.547. The fourth-order valence-electron chi connectivity index (χ4n) is 2.54. The van der Waals surface area contributed by atoms with Gasteiger partial charge in [0.25, 0.3) is 0 Å². The van der Waals surface area contributed by atoms with Crippen molar-refractivity contribution in [2.45, 2.75) is 43.4 Å². The molecule has 0 saturated carbocycles. The standard InChI is InChI=1S/C16H26N2O2S2/c1-18(2)14(15-7-5-10-20-15)12-17-16(19)8-4-3-6-13-9-11-21-22-13/h5,7,10,13-14H,3-4,6,8-9,11-12H2,1-2H3,(H,17,19). The Bertz CT molecular complexity index is 431. The molecule has 1 aromatic rings. The van der Waals surface area contributed by atoms with Crippen LogP contribution in [0.4, 0.5) is 0 Å². The van der Waals surface area contributed by atoms with Crippen LogP contribution in [-0.4, -0.2) is 42.4 Å². The highest BCUT2D eigenvalue weighted by molar-refractivity contribution is 8.77. The summed E-state index contributed by atoms with van der Waals surface area (Å²) in [7, 11) is 7.99. The predicted molar refractivity (Wildman–Crippen MR) is 95.1 cm³/mol. The van der Waals surface area contributed by atoms with Crippen LogP contribution in [0.25, 0.3) is 0 Å².